The van der Waals surface area contributed by atoms with Gasteiger partial charge in [0.05, 0.1) is 5.69 Å². The Kier molecular flexibility index (Phi) is 5.56. The van der Waals surface area contributed by atoms with E-state index in [1.807, 2.05) is 12.1 Å². The summed E-state index contributed by atoms with van der Waals surface area (Å²) in [7, 11) is 1.61. The molecule has 20 heavy (non-hydrogen) atoms. The summed E-state index contributed by atoms with van der Waals surface area (Å²) in [5.41, 5.74) is 3.56. The van der Waals surface area contributed by atoms with Crippen molar-refractivity contribution in [3.8, 4) is 5.75 Å². The van der Waals surface area contributed by atoms with Crippen molar-refractivity contribution < 1.29 is 9.47 Å². The topological polar surface area (TPSA) is 31.4 Å². The largest absolute Gasteiger partial charge is 0.466 e. The van der Waals surface area contributed by atoms with Crippen LogP contribution in [-0.4, -0.2) is 18.9 Å². The lowest BCUT2D eigenvalue weighted by Crippen LogP contribution is -2.03. The van der Waals surface area contributed by atoms with Gasteiger partial charge in [0, 0.05) is 19.7 Å². The van der Waals surface area contributed by atoms with Gasteiger partial charge in [0.1, 0.15) is 5.75 Å². The van der Waals surface area contributed by atoms with E-state index in [1.165, 1.54) is 17.5 Å². The number of aromatic nitrogens is 1. The third-order valence-corrected chi connectivity index (χ3v) is 3.11. The highest BCUT2D eigenvalue weighted by atomic mass is 16.7. The van der Waals surface area contributed by atoms with Crippen LogP contribution in [0.2, 0.25) is 0 Å². The molecule has 3 nitrogen and oxygen atoms in total. The van der Waals surface area contributed by atoms with Crippen LogP contribution in [0, 0.1) is 0 Å². The Balaban J connectivity index is 2.08. The SMILES string of the molecule is CCCc1ccc(Cc2ncccc2OCOC)cc1. The summed E-state index contributed by atoms with van der Waals surface area (Å²) >= 11 is 0. The zero-order valence-electron chi connectivity index (χ0n) is 12.1. The highest BCUT2D eigenvalue weighted by Gasteiger charge is 2.06. The molecule has 0 fully saturated rings. The van der Waals surface area contributed by atoms with Gasteiger partial charge in [0.25, 0.3) is 0 Å². The van der Waals surface area contributed by atoms with Gasteiger partial charge in [-0.3, -0.25) is 4.98 Å². The predicted octanol–water partition coefficient (Wildman–Crippen LogP) is 3.61. The normalized spacial score (nSPS) is 10.5. The lowest BCUT2D eigenvalue weighted by molar-refractivity contribution is 0.0502. The number of benzene rings is 1. The van der Waals surface area contributed by atoms with Crippen molar-refractivity contribution in [2.45, 2.75) is 26.2 Å². The number of pyridine rings is 1. The summed E-state index contributed by atoms with van der Waals surface area (Å²) in [4.78, 5) is 4.41. The van der Waals surface area contributed by atoms with Gasteiger partial charge in [-0.15, -0.1) is 0 Å². The van der Waals surface area contributed by atoms with Crippen molar-refractivity contribution in [1.29, 1.82) is 0 Å². The molecule has 0 radical (unpaired) electrons. The van der Waals surface area contributed by atoms with Gasteiger partial charge in [0.2, 0.25) is 0 Å². The molecule has 0 saturated carbocycles. The molecule has 0 aliphatic heterocycles. The first kappa shape index (κ1) is 14.5. The Hall–Kier alpha value is -1.87. The molecule has 1 aromatic carbocycles. The standard InChI is InChI=1S/C17H21NO2/c1-3-5-14-7-9-15(10-8-14)12-16-17(20-13-19-2)6-4-11-18-16/h4,6-11H,3,5,12-13H2,1-2H3. The molecule has 2 rings (SSSR count). The first-order valence-electron chi connectivity index (χ1n) is 6.97. The van der Waals surface area contributed by atoms with Gasteiger partial charge >= 0.3 is 0 Å². The first-order chi connectivity index (χ1) is 9.83. The van der Waals surface area contributed by atoms with Gasteiger partial charge < -0.3 is 9.47 Å². The second-order valence-electron chi connectivity index (χ2n) is 4.74. The van der Waals surface area contributed by atoms with Crippen molar-refractivity contribution in [2.75, 3.05) is 13.9 Å². The predicted molar refractivity (Wildman–Crippen MR) is 80.0 cm³/mol. The second kappa shape index (κ2) is 7.65. The summed E-state index contributed by atoms with van der Waals surface area (Å²) in [6, 6.07) is 12.5. The number of nitrogens with zero attached hydrogens (tertiary/aromatic N) is 1. The highest BCUT2D eigenvalue weighted by molar-refractivity contribution is 5.33. The number of ether oxygens (including phenoxy) is 2. The fourth-order valence-corrected chi connectivity index (χ4v) is 2.12. The number of methoxy groups -OCH3 is 1. The van der Waals surface area contributed by atoms with Crippen LogP contribution in [0.25, 0.3) is 0 Å². The van der Waals surface area contributed by atoms with Crippen LogP contribution in [0.4, 0.5) is 0 Å². The fourth-order valence-electron chi connectivity index (χ4n) is 2.12. The zero-order valence-corrected chi connectivity index (χ0v) is 12.1. The number of aryl methyl sites for hydroxylation is 1. The van der Waals surface area contributed by atoms with E-state index in [0.29, 0.717) is 0 Å². The van der Waals surface area contributed by atoms with E-state index in [4.69, 9.17) is 9.47 Å². The molecule has 0 aliphatic rings. The van der Waals surface area contributed by atoms with Crippen molar-refractivity contribution in [3.63, 3.8) is 0 Å². The average molecular weight is 271 g/mol. The minimum absolute atomic E-state index is 0.244. The molecule has 1 aromatic heterocycles. The van der Waals surface area contributed by atoms with Crippen LogP contribution in [0.5, 0.6) is 5.75 Å². The molecule has 0 aliphatic carbocycles. The molecule has 0 atom stereocenters. The second-order valence-corrected chi connectivity index (χ2v) is 4.74. The lowest BCUT2D eigenvalue weighted by Gasteiger charge is -2.10. The third kappa shape index (κ3) is 4.07. The summed E-state index contributed by atoms with van der Waals surface area (Å²) in [5, 5.41) is 0. The molecule has 1 heterocycles. The molecular formula is C17H21NO2. The Bertz CT molecular complexity index is 523. The summed E-state index contributed by atoms with van der Waals surface area (Å²) < 4.78 is 10.5. The molecule has 0 amide bonds. The van der Waals surface area contributed by atoms with Crippen molar-refractivity contribution in [2.24, 2.45) is 0 Å². The summed E-state index contributed by atoms with van der Waals surface area (Å²) in [6.07, 6.45) is 4.87. The number of hydrogen-bond donors (Lipinski definition) is 0. The monoisotopic (exact) mass is 271 g/mol. The number of hydrogen-bond acceptors (Lipinski definition) is 3. The van der Waals surface area contributed by atoms with E-state index >= 15 is 0 Å². The zero-order chi connectivity index (χ0) is 14.2. The van der Waals surface area contributed by atoms with Crippen LogP contribution in [0.3, 0.4) is 0 Å². The smallest absolute Gasteiger partial charge is 0.188 e. The van der Waals surface area contributed by atoms with Crippen molar-refractivity contribution in [1.82, 2.24) is 4.98 Å². The summed E-state index contributed by atoms with van der Waals surface area (Å²) in [5.74, 6) is 0.784. The molecule has 0 saturated heterocycles. The van der Waals surface area contributed by atoms with Gasteiger partial charge in [0.15, 0.2) is 6.79 Å². The highest BCUT2D eigenvalue weighted by Crippen LogP contribution is 2.19. The summed E-state index contributed by atoms with van der Waals surface area (Å²) in [6.45, 7) is 2.44. The van der Waals surface area contributed by atoms with E-state index in [-0.39, 0.29) is 6.79 Å². The Morgan fingerprint density at radius 2 is 1.80 bits per heavy atom. The van der Waals surface area contributed by atoms with Gasteiger partial charge in [-0.25, -0.2) is 0 Å². The molecule has 0 unspecified atom stereocenters. The maximum atomic E-state index is 5.54. The molecule has 3 heteroatoms. The third-order valence-electron chi connectivity index (χ3n) is 3.11. The number of rotatable bonds is 7. The van der Waals surface area contributed by atoms with Crippen molar-refractivity contribution >= 4 is 0 Å². The molecule has 2 aromatic rings. The van der Waals surface area contributed by atoms with E-state index < -0.39 is 0 Å². The maximum absolute atomic E-state index is 5.54. The quantitative estimate of drug-likeness (QED) is 0.721. The fraction of sp³-hybridized carbons (Fsp3) is 0.353. The van der Waals surface area contributed by atoms with Crippen molar-refractivity contribution in [3.05, 3.63) is 59.4 Å². The van der Waals surface area contributed by atoms with E-state index in [1.54, 1.807) is 13.3 Å². The van der Waals surface area contributed by atoms with Crippen LogP contribution in [0.1, 0.15) is 30.2 Å². The Morgan fingerprint density at radius 3 is 2.50 bits per heavy atom. The molecule has 0 spiro atoms. The average Bonchev–Trinajstić information content (AvgIpc) is 2.49. The van der Waals surface area contributed by atoms with Crippen LogP contribution >= 0.6 is 0 Å². The van der Waals surface area contributed by atoms with E-state index in [9.17, 15) is 0 Å². The van der Waals surface area contributed by atoms with Crippen LogP contribution in [-0.2, 0) is 17.6 Å². The van der Waals surface area contributed by atoms with Gasteiger partial charge in [-0.05, 0) is 29.7 Å². The molecule has 106 valence electrons. The molecular weight excluding hydrogens is 250 g/mol. The molecule has 0 N–H and O–H groups in total. The van der Waals surface area contributed by atoms with Crippen LogP contribution in [0.15, 0.2) is 42.6 Å². The Morgan fingerprint density at radius 1 is 1.05 bits per heavy atom. The Labute approximate surface area is 120 Å². The van der Waals surface area contributed by atoms with Gasteiger partial charge in [-0.2, -0.15) is 0 Å². The maximum Gasteiger partial charge on any atom is 0.188 e. The minimum Gasteiger partial charge on any atom is -0.466 e. The molecule has 0 bridgehead atoms. The van der Waals surface area contributed by atoms with Gasteiger partial charge in [-0.1, -0.05) is 37.6 Å². The lowest BCUT2D eigenvalue weighted by atomic mass is 10.0. The van der Waals surface area contributed by atoms with E-state index in [2.05, 4.69) is 36.2 Å². The first-order valence-corrected chi connectivity index (χ1v) is 6.97. The van der Waals surface area contributed by atoms with E-state index in [0.717, 1.165) is 24.3 Å². The minimum atomic E-state index is 0.244. The van der Waals surface area contributed by atoms with Crippen LogP contribution < -0.4 is 4.74 Å².